The lowest BCUT2D eigenvalue weighted by atomic mass is 10.1. The summed E-state index contributed by atoms with van der Waals surface area (Å²) < 4.78 is 32.9. The maximum absolute atomic E-state index is 12.4. The first-order chi connectivity index (χ1) is 14.0. The summed E-state index contributed by atoms with van der Waals surface area (Å²) in [5.41, 5.74) is 1.29. The van der Waals surface area contributed by atoms with Gasteiger partial charge in [0.2, 0.25) is 0 Å². The Morgan fingerprint density at radius 3 is 2.59 bits per heavy atom. The number of benzene rings is 3. The molecule has 3 aromatic rings. The molecule has 0 saturated carbocycles. The summed E-state index contributed by atoms with van der Waals surface area (Å²) in [5, 5.41) is 10.0. The fourth-order valence-corrected chi connectivity index (χ4v) is 3.67. The molecule has 3 aromatic carbocycles. The summed E-state index contributed by atoms with van der Waals surface area (Å²) in [7, 11) is -3.63. The van der Waals surface area contributed by atoms with E-state index in [0.717, 1.165) is 5.56 Å². The van der Waals surface area contributed by atoms with Gasteiger partial charge < -0.3 is 9.84 Å². The van der Waals surface area contributed by atoms with Crippen LogP contribution in [0.2, 0.25) is 0 Å². The number of sulfonamides is 1. The van der Waals surface area contributed by atoms with E-state index in [2.05, 4.69) is 10.8 Å². The second kappa shape index (κ2) is 9.91. The van der Waals surface area contributed by atoms with Gasteiger partial charge in [0.15, 0.2) is 0 Å². The predicted molar refractivity (Wildman–Crippen MR) is 114 cm³/mol. The van der Waals surface area contributed by atoms with Crippen molar-refractivity contribution in [3.05, 3.63) is 96.6 Å². The van der Waals surface area contributed by atoms with Gasteiger partial charge in [-0.05, 0) is 42.3 Å². The summed E-state index contributed by atoms with van der Waals surface area (Å²) >= 11 is 0. The van der Waals surface area contributed by atoms with Gasteiger partial charge in [-0.2, -0.15) is 0 Å². The van der Waals surface area contributed by atoms with E-state index in [1.54, 1.807) is 60.7 Å². The van der Waals surface area contributed by atoms with E-state index in [1.165, 1.54) is 0 Å². The molecule has 149 valence electrons. The summed E-state index contributed by atoms with van der Waals surface area (Å²) in [6, 6.07) is 25.4. The number of ether oxygens (including phenoxy) is 1. The summed E-state index contributed by atoms with van der Waals surface area (Å²) in [6.45, 7) is 0.168. The Bertz CT molecular complexity index is 1030. The number of para-hydroxylation sites is 1. The zero-order valence-corrected chi connectivity index (χ0v) is 16.5. The third-order valence-corrected chi connectivity index (χ3v) is 5.42. The lowest BCUT2D eigenvalue weighted by Gasteiger charge is -2.10. The molecule has 29 heavy (non-hydrogen) atoms. The molecule has 0 aliphatic heterocycles. The highest BCUT2D eigenvalue weighted by molar-refractivity contribution is 7.92. The highest BCUT2D eigenvalue weighted by Crippen LogP contribution is 2.18. The number of aliphatic hydroxyl groups is 1. The van der Waals surface area contributed by atoms with Crippen LogP contribution in [0.5, 0.6) is 5.75 Å². The second-order valence-corrected chi connectivity index (χ2v) is 8.06. The topological polar surface area (TPSA) is 75.6 Å². The van der Waals surface area contributed by atoms with Gasteiger partial charge in [0.1, 0.15) is 12.4 Å². The Labute approximate surface area is 171 Å². The highest BCUT2D eigenvalue weighted by atomic mass is 32.2. The van der Waals surface area contributed by atoms with Crippen LogP contribution < -0.4 is 9.46 Å². The van der Waals surface area contributed by atoms with E-state index >= 15 is 0 Å². The normalized spacial score (nSPS) is 12.6. The summed E-state index contributed by atoms with van der Waals surface area (Å²) in [6.07, 6.45) is 3.41. The highest BCUT2D eigenvalue weighted by Gasteiger charge is 2.13. The van der Waals surface area contributed by atoms with Gasteiger partial charge in [0.05, 0.1) is 11.0 Å². The standard InChI is InChI=1S/C23H22NO4S/c25-21(18-28-22-13-3-1-4-14-22)12-8-10-19-9-7-11-20(17-19)24-29(26,27)23-15-5-2-6-16-23/h1-11,13,15-17,21,24-25H,12,18H2/b10-8+/t21-/m0/s1. The second-order valence-electron chi connectivity index (χ2n) is 6.37. The lowest BCUT2D eigenvalue weighted by Crippen LogP contribution is -2.16. The maximum Gasteiger partial charge on any atom is 0.261 e. The number of rotatable bonds is 9. The van der Waals surface area contributed by atoms with Gasteiger partial charge >= 0.3 is 0 Å². The first kappa shape index (κ1) is 20.6. The van der Waals surface area contributed by atoms with Crippen LogP contribution in [0.15, 0.2) is 89.8 Å². The van der Waals surface area contributed by atoms with Gasteiger partial charge in [-0.15, -0.1) is 0 Å². The molecule has 0 fully saturated rings. The van der Waals surface area contributed by atoms with Crippen molar-refractivity contribution in [3.8, 4) is 5.75 Å². The van der Waals surface area contributed by atoms with Gasteiger partial charge in [0.25, 0.3) is 10.0 Å². The van der Waals surface area contributed by atoms with Crippen molar-refractivity contribution in [1.82, 2.24) is 0 Å². The third kappa shape index (κ3) is 6.48. The van der Waals surface area contributed by atoms with Gasteiger partial charge in [-0.1, -0.05) is 60.7 Å². The quantitative estimate of drug-likeness (QED) is 0.558. The van der Waals surface area contributed by atoms with E-state index in [1.807, 2.05) is 30.4 Å². The average molecular weight is 408 g/mol. The predicted octanol–water partition coefficient (Wildman–Crippen LogP) is 4.13. The first-order valence-electron chi connectivity index (χ1n) is 9.15. The van der Waals surface area contributed by atoms with Crippen LogP contribution in [0.4, 0.5) is 5.69 Å². The molecule has 0 aliphatic rings. The molecule has 0 spiro atoms. The molecule has 6 heteroatoms. The zero-order chi connectivity index (χ0) is 20.5. The fourth-order valence-electron chi connectivity index (χ4n) is 2.60. The van der Waals surface area contributed by atoms with Crippen LogP contribution in [0, 0.1) is 6.07 Å². The molecular formula is C23H22NO4S. The smallest absolute Gasteiger partial charge is 0.261 e. The Balaban J connectivity index is 1.55. The number of hydrogen-bond donors (Lipinski definition) is 2. The van der Waals surface area contributed by atoms with Crippen LogP contribution in [0.1, 0.15) is 12.0 Å². The molecule has 5 nitrogen and oxygen atoms in total. The first-order valence-corrected chi connectivity index (χ1v) is 10.6. The number of nitrogens with one attached hydrogen (secondary N) is 1. The monoisotopic (exact) mass is 408 g/mol. The van der Waals surface area contributed by atoms with Crippen molar-refractivity contribution in [3.63, 3.8) is 0 Å². The minimum Gasteiger partial charge on any atom is -0.490 e. The molecule has 3 rings (SSSR count). The van der Waals surface area contributed by atoms with Gasteiger partial charge in [-0.25, -0.2) is 8.42 Å². The van der Waals surface area contributed by atoms with E-state index in [0.29, 0.717) is 17.9 Å². The maximum atomic E-state index is 12.4. The van der Waals surface area contributed by atoms with Crippen molar-refractivity contribution < 1.29 is 18.3 Å². The molecule has 0 bridgehead atoms. The van der Waals surface area contributed by atoms with Crippen molar-refractivity contribution >= 4 is 21.8 Å². The molecule has 1 atom stereocenters. The van der Waals surface area contributed by atoms with E-state index in [-0.39, 0.29) is 11.5 Å². The molecule has 0 heterocycles. The van der Waals surface area contributed by atoms with Crippen molar-refractivity contribution in [2.75, 3.05) is 11.3 Å². The molecule has 0 aromatic heterocycles. The zero-order valence-electron chi connectivity index (χ0n) is 15.7. The van der Waals surface area contributed by atoms with Crippen molar-refractivity contribution in [2.45, 2.75) is 17.4 Å². The average Bonchev–Trinajstić information content (AvgIpc) is 2.74. The largest absolute Gasteiger partial charge is 0.490 e. The molecule has 0 amide bonds. The number of hydrogen-bond acceptors (Lipinski definition) is 4. The summed E-state index contributed by atoms with van der Waals surface area (Å²) in [4.78, 5) is 0.208. The molecule has 0 aliphatic carbocycles. The van der Waals surface area contributed by atoms with Crippen LogP contribution in [-0.4, -0.2) is 26.2 Å². The molecule has 0 saturated heterocycles. The Kier molecular flexibility index (Phi) is 7.05. The third-order valence-electron chi connectivity index (χ3n) is 4.02. The number of anilines is 1. The minimum absolute atomic E-state index is 0.168. The molecule has 0 unspecified atom stereocenters. The van der Waals surface area contributed by atoms with Gasteiger partial charge in [-0.3, -0.25) is 4.72 Å². The minimum atomic E-state index is -3.63. The van der Waals surface area contributed by atoms with Crippen LogP contribution in [0.25, 0.3) is 6.08 Å². The van der Waals surface area contributed by atoms with Crippen LogP contribution in [0.3, 0.4) is 0 Å². The molecular weight excluding hydrogens is 386 g/mol. The van der Waals surface area contributed by atoms with E-state index in [9.17, 15) is 13.5 Å². The Hall–Kier alpha value is -3.09. The number of aliphatic hydroxyl groups excluding tert-OH is 1. The van der Waals surface area contributed by atoms with Crippen molar-refractivity contribution in [1.29, 1.82) is 0 Å². The van der Waals surface area contributed by atoms with Crippen molar-refractivity contribution in [2.24, 2.45) is 0 Å². The van der Waals surface area contributed by atoms with Crippen LogP contribution in [-0.2, 0) is 10.0 Å². The van der Waals surface area contributed by atoms with E-state index < -0.39 is 16.1 Å². The van der Waals surface area contributed by atoms with E-state index in [4.69, 9.17) is 4.74 Å². The fraction of sp³-hybridized carbons (Fsp3) is 0.130. The van der Waals surface area contributed by atoms with Gasteiger partial charge in [0, 0.05) is 11.8 Å². The lowest BCUT2D eigenvalue weighted by molar-refractivity contribution is 0.110. The summed E-state index contributed by atoms with van der Waals surface area (Å²) in [5.74, 6) is 0.592. The Morgan fingerprint density at radius 2 is 1.83 bits per heavy atom. The SMILES string of the molecule is O=S(=O)(Nc1cccc(/C=C/C[C@H](O)COc2[c]cccc2)c1)c1ccccc1. The van der Waals surface area contributed by atoms with Crippen LogP contribution >= 0.6 is 0 Å². The Morgan fingerprint density at radius 1 is 1.03 bits per heavy atom. The molecule has 1 radical (unpaired) electrons. The molecule has 2 N–H and O–H groups in total.